The van der Waals surface area contributed by atoms with Crippen LogP contribution in [0.3, 0.4) is 0 Å². The van der Waals surface area contributed by atoms with E-state index >= 15 is 0 Å². The van der Waals surface area contributed by atoms with Crippen LogP contribution in [-0.4, -0.2) is 19.1 Å². The molecule has 1 aromatic carbocycles. The molecular weight excluding hydrogens is 310 g/mol. The van der Waals surface area contributed by atoms with Gasteiger partial charge in [0.1, 0.15) is 11.3 Å². The molecule has 23 heavy (non-hydrogen) atoms. The van der Waals surface area contributed by atoms with Gasteiger partial charge in [0.15, 0.2) is 5.76 Å². The van der Waals surface area contributed by atoms with E-state index in [-0.39, 0.29) is 5.91 Å². The highest BCUT2D eigenvalue weighted by Gasteiger charge is 2.17. The maximum atomic E-state index is 12.3. The summed E-state index contributed by atoms with van der Waals surface area (Å²) in [6.07, 6.45) is 0.831. The number of aryl methyl sites for hydroxylation is 1. The first-order valence-electron chi connectivity index (χ1n) is 7.65. The summed E-state index contributed by atoms with van der Waals surface area (Å²) in [6, 6.07) is 9.70. The number of nitrogens with one attached hydrogen (secondary N) is 1. The van der Waals surface area contributed by atoms with Crippen LogP contribution < -0.4 is 10.1 Å². The third-order valence-electron chi connectivity index (χ3n) is 3.66. The lowest BCUT2D eigenvalue weighted by molar-refractivity contribution is 0.0928. The minimum atomic E-state index is -0.173. The number of furan rings is 1. The number of ether oxygens (including phenoxy) is 1. The van der Waals surface area contributed by atoms with Crippen molar-refractivity contribution in [1.29, 1.82) is 0 Å². The van der Waals surface area contributed by atoms with Crippen LogP contribution in [-0.2, 0) is 6.42 Å². The van der Waals surface area contributed by atoms with Crippen molar-refractivity contribution in [3.63, 3.8) is 0 Å². The van der Waals surface area contributed by atoms with E-state index in [0.717, 1.165) is 23.1 Å². The van der Waals surface area contributed by atoms with Crippen LogP contribution in [0.15, 0.2) is 40.1 Å². The molecule has 120 valence electrons. The molecule has 0 aliphatic carbocycles. The van der Waals surface area contributed by atoms with Gasteiger partial charge in [0.05, 0.1) is 6.61 Å². The van der Waals surface area contributed by atoms with Crippen LogP contribution in [0.4, 0.5) is 0 Å². The van der Waals surface area contributed by atoms with Gasteiger partial charge in [0, 0.05) is 22.4 Å². The molecule has 0 radical (unpaired) electrons. The summed E-state index contributed by atoms with van der Waals surface area (Å²) >= 11 is 1.69. The van der Waals surface area contributed by atoms with Gasteiger partial charge in [-0.25, -0.2) is 0 Å². The van der Waals surface area contributed by atoms with E-state index < -0.39 is 0 Å². The Hall–Kier alpha value is -2.27. The molecule has 1 N–H and O–H groups in total. The van der Waals surface area contributed by atoms with Crippen molar-refractivity contribution in [2.75, 3.05) is 13.2 Å². The normalized spacial score (nSPS) is 10.9. The summed E-state index contributed by atoms with van der Waals surface area (Å²) in [5.74, 6) is 0.988. The summed E-state index contributed by atoms with van der Waals surface area (Å²) in [6.45, 7) is 5.05. The fourth-order valence-corrected chi connectivity index (χ4v) is 3.22. The molecule has 0 unspecified atom stereocenters. The predicted octanol–water partition coefficient (Wildman–Crippen LogP) is 4.17. The molecule has 4 nitrogen and oxygen atoms in total. The standard InChI is InChI=1S/C18H19NO3S/c1-3-21-13-6-7-16-15(11-13)12(2)17(22-16)18(20)19-9-8-14-5-4-10-23-14/h4-7,10-11H,3,8-9H2,1-2H3,(H,19,20). The van der Waals surface area contributed by atoms with Crippen molar-refractivity contribution in [3.05, 3.63) is 51.9 Å². The van der Waals surface area contributed by atoms with Crippen molar-refractivity contribution in [3.8, 4) is 5.75 Å². The van der Waals surface area contributed by atoms with Crippen molar-refractivity contribution in [2.45, 2.75) is 20.3 Å². The van der Waals surface area contributed by atoms with E-state index in [1.807, 2.05) is 43.5 Å². The Morgan fingerprint density at radius 1 is 1.35 bits per heavy atom. The number of thiophene rings is 1. The SMILES string of the molecule is CCOc1ccc2oc(C(=O)NCCc3cccs3)c(C)c2c1. The Labute approximate surface area is 139 Å². The molecule has 0 saturated carbocycles. The molecule has 3 rings (SSSR count). The molecule has 0 bridgehead atoms. The highest BCUT2D eigenvalue weighted by atomic mass is 32.1. The number of rotatable bonds is 6. The molecule has 0 saturated heterocycles. The number of amides is 1. The first-order valence-corrected chi connectivity index (χ1v) is 8.53. The van der Waals surface area contributed by atoms with Crippen molar-refractivity contribution in [2.24, 2.45) is 0 Å². The molecule has 2 aromatic heterocycles. The fourth-order valence-electron chi connectivity index (χ4n) is 2.51. The number of fused-ring (bicyclic) bond motifs is 1. The summed E-state index contributed by atoms with van der Waals surface area (Å²) in [5, 5.41) is 5.88. The van der Waals surface area contributed by atoms with Crippen molar-refractivity contribution < 1.29 is 13.9 Å². The second kappa shape index (κ2) is 6.87. The van der Waals surface area contributed by atoms with Gasteiger partial charge in [-0.3, -0.25) is 4.79 Å². The third kappa shape index (κ3) is 3.40. The molecule has 0 atom stereocenters. The lowest BCUT2D eigenvalue weighted by Crippen LogP contribution is -2.25. The summed E-state index contributed by atoms with van der Waals surface area (Å²) in [5.41, 5.74) is 1.55. The summed E-state index contributed by atoms with van der Waals surface area (Å²) < 4.78 is 11.2. The van der Waals surface area contributed by atoms with Crippen LogP contribution >= 0.6 is 11.3 Å². The average molecular weight is 329 g/mol. The van der Waals surface area contributed by atoms with Crippen LogP contribution in [0.1, 0.15) is 27.9 Å². The van der Waals surface area contributed by atoms with Gasteiger partial charge in [-0.1, -0.05) is 6.07 Å². The highest BCUT2D eigenvalue weighted by molar-refractivity contribution is 7.09. The zero-order valence-electron chi connectivity index (χ0n) is 13.2. The Bertz CT molecular complexity index is 805. The first-order chi connectivity index (χ1) is 11.2. The van der Waals surface area contributed by atoms with Crippen LogP contribution in [0.5, 0.6) is 5.75 Å². The Balaban J connectivity index is 1.73. The highest BCUT2D eigenvalue weighted by Crippen LogP contribution is 2.28. The van der Waals surface area contributed by atoms with Crippen molar-refractivity contribution >= 4 is 28.2 Å². The lowest BCUT2D eigenvalue weighted by Gasteiger charge is -2.02. The molecule has 1 amide bonds. The number of hydrogen-bond acceptors (Lipinski definition) is 4. The van der Waals surface area contributed by atoms with Gasteiger partial charge < -0.3 is 14.5 Å². The van der Waals surface area contributed by atoms with E-state index in [2.05, 4.69) is 11.4 Å². The smallest absolute Gasteiger partial charge is 0.287 e. The lowest BCUT2D eigenvalue weighted by atomic mass is 10.1. The maximum absolute atomic E-state index is 12.3. The molecule has 0 spiro atoms. The third-order valence-corrected chi connectivity index (χ3v) is 4.60. The minimum Gasteiger partial charge on any atom is -0.494 e. The monoisotopic (exact) mass is 329 g/mol. The van der Waals surface area contributed by atoms with Gasteiger partial charge in [-0.05, 0) is 49.9 Å². The number of hydrogen-bond donors (Lipinski definition) is 1. The van der Waals surface area contributed by atoms with Crippen LogP contribution in [0.2, 0.25) is 0 Å². The van der Waals surface area contributed by atoms with Crippen LogP contribution in [0.25, 0.3) is 11.0 Å². The zero-order chi connectivity index (χ0) is 16.2. The van der Waals surface area contributed by atoms with E-state index in [9.17, 15) is 4.79 Å². The second-order valence-corrected chi connectivity index (χ2v) is 6.26. The van der Waals surface area contributed by atoms with Gasteiger partial charge >= 0.3 is 0 Å². The first kappa shape index (κ1) is 15.6. The Morgan fingerprint density at radius 2 is 2.22 bits per heavy atom. The number of carbonyl (C=O) groups is 1. The number of benzene rings is 1. The predicted molar refractivity (Wildman–Crippen MR) is 92.5 cm³/mol. The zero-order valence-corrected chi connectivity index (χ0v) is 14.0. The van der Waals surface area contributed by atoms with E-state index in [1.165, 1.54) is 4.88 Å². The average Bonchev–Trinajstić information content (AvgIpc) is 3.16. The van der Waals surface area contributed by atoms with Gasteiger partial charge in [0.25, 0.3) is 5.91 Å². The van der Waals surface area contributed by atoms with Gasteiger partial charge in [-0.2, -0.15) is 0 Å². The number of carbonyl (C=O) groups excluding carboxylic acids is 1. The topological polar surface area (TPSA) is 51.5 Å². The van der Waals surface area contributed by atoms with Gasteiger partial charge in [0.2, 0.25) is 0 Å². The quantitative estimate of drug-likeness (QED) is 0.738. The van der Waals surface area contributed by atoms with E-state index in [4.69, 9.17) is 9.15 Å². The fraction of sp³-hybridized carbons (Fsp3) is 0.278. The molecule has 3 aromatic rings. The van der Waals surface area contributed by atoms with Gasteiger partial charge in [-0.15, -0.1) is 11.3 Å². The molecular formula is C18H19NO3S. The Morgan fingerprint density at radius 3 is 2.96 bits per heavy atom. The maximum Gasteiger partial charge on any atom is 0.287 e. The molecule has 0 fully saturated rings. The summed E-state index contributed by atoms with van der Waals surface area (Å²) in [4.78, 5) is 13.6. The summed E-state index contributed by atoms with van der Waals surface area (Å²) in [7, 11) is 0. The van der Waals surface area contributed by atoms with Crippen LogP contribution in [0, 0.1) is 6.92 Å². The second-order valence-electron chi connectivity index (χ2n) is 5.23. The molecule has 0 aliphatic heterocycles. The molecule has 2 heterocycles. The van der Waals surface area contributed by atoms with E-state index in [1.54, 1.807) is 11.3 Å². The minimum absolute atomic E-state index is 0.173. The molecule has 5 heteroatoms. The largest absolute Gasteiger partial charge is 0.494 e. The Kier molecular flexibility index (Phi) is 4.67. The van der Waals surface area contributed by atoms with Crippen molar-refractivity contribution in [1.82, 2.24) is 5.32 Å². The van der Waals surface area contributed by atoms with E-state index in [0.29, 0.717) is 24.5 Å². The molecule has 0 aliphatic rings.